The summed E-state index contributed by atoms with van der Waals surface area (Å²) in [6, 6.07) is 13.6. The fraction of sp³-hybridized carbons (Fsp3) is 0.483. The van der Waals surface area contributed by atoms with Crippen LogP contribution in [0.5, 0.6) is 0 Å². The smallest absolute Gasteiger partial charge is 0.410 e. The molecular formula is C60H76F3N11O11. The number of carbonyl (C=O) groups excluding carboxylic acids is 8. The number of hydrogen-bond donors (Lipinski definition) is 7. The number of alkyl halides is 1. The van der Waals surface area contributed by atoms with Gasteiger partial charge in [0.2, 0.25) is 17.7 Å². The minimum absolute atomic E-state index is 0.0747. The van der Waals surface area contributed by atoms with Gasteiger partial charge in [-0.3, -0.25) is 28.9 Å². The monoisotopic (exact) mass is 1180 g/mol. The number of nitrogens with one attached hydrogen (secondary N) is 5. The molecule has 22 nitrogen and oxygen atoms in total. The van der Waals surface area contributed by atoms with Crippen molar-refractivity contribution in [2.75, 3.05) is 57.9 Å². The molecule has 0 aliphatic carbocycles. The van der Waals surface area contributed by atoms with Gasteiger partial charge in [0.25, 0.3) is 11.8 Å². The van der Waals surface area contributed by atoms with Crippen LogP contribution < -0.4 is 32.3 Å². The molecule has 3 aliphatic rings. The average molecular weight is 1180 g/mol. The minimum atomic E-state index is -1.62. The van der Waals surface area contributed by atoms with E-state index in [-0.39, 0.29) is 100 Å². The summed E-state index contributed by atoms with van der Waals surface area (Å²) in [6.45, 7) is 5.01. The molecule has 0 saturated carbocycles. The number of unbranched alkanes of at least 4 members (excludes halogenated alkanes) is 2. The number of nitrogens with two attached hydrogens (primary N) is 1. The number of imide groups is 1. The molecule has 0 bridgehead atoms. The molecule has 0 radical (unpaired) electrons. The molecule has 458 valence electrons. The minimum Gasteiger partial charge on any atom is -0.445 e. The van der Waals surface area contributed by atoms with Gasteiger partial charge in [-0.2, -0.15) is 0 Å². The largest absolute Gasteiger partial charge is 0.445 e. The quantitative estimate of drug-likeness (QED) is 0.0261. The number of benzene rings is 3. The summed E-state index contributed by atoms with van der Waals surface area (Å²) < 4.78 is 59.8. The number of imidazole rings is 1. The lowest BCUT2D eigenvalue weighted by atomic mass is 9.89. The zero-order valence-corrected chi connectivity index (χ0v) is 48.0. The van der Waals surface area contributed by atoms with Crippen LogP contribution in [0, 0.1) is 29.4 Å². The number of anilines is 1. The van der Waals surface area contributed by atoms with E-state index in [0.717, 1.165) is 28.7 Å². The van der Waals surface area contributed by atoms with Gasteiger partial charge in [-0.1, -0.05) is 62.7 Å². The van der Waals surface area contributed by atoms with Crippen LogP contribution in [0.15, 0.2) is 91.1 Å². The van der Waals surface area contributed by atoms with Gasteiger partial charge in [0.1, 0.15) is 42.3 Å². The van der Waals surface area contributed by atoms with Crippen molar-refractivity contribution >= 4 is 53.4 Å². The maximum atomic E-state index is 16.5. The van der Waals surface area contributed by atoms with Crippen molar-refractivity contribution in [2.24, 2.45) is 23.5 Å². The number of hydrogen-bond acceptors (Lipinski definition) is 12. The van der Waals surface area contributed by atoms with Crippen LogP contribution in [0.25, 0.3) is 11.3 Å². The lowest BCUT2D eigenvalue weighted by Crippen LogP contribution is -2.54. The van der Waals surface area contributed by atoms with Crippen LogP contribution in [0.1, 0.15) is 95.1 Å². The van der Waals surface area contributed by atoms with E-state index in [1.165, 1.54) is 22.0 Å². The van der Waals surface area contributed by atoms with Crippen molar-refractivity contribution in [3.63, 3.8) is 0 Å². The Labute approximate surface area is 491 Å². The molecule has 10 amide bonds. The molecule has 3 unspecified atom stereocenters. The topological polar surface area (TPSA) is 289 Å². The van der Waals surface area contributed by atoms with E-state index in [4.69, 9.17) is 20.2 Å². The highest BCUT2D eigenvalue weighted by Gasteiger charge is 2.43. The van der Waals surface area contributed by atoms with Gasteiger partial charge in [0, 0.05) is 87.9 Å². The van der Waals surface area contributed by atoms with Gasteiger partial charge in [0.05, 0.1) is 30.9 Å². The number of aliphatic hydroxyl groups is 1. The Morgan fingerprint density at radius 1 is 0.859 bits per heavy atom. The molecule has 25 heteroatoms. The van der Waals surface area contributed by atoms with E-state index in [1.807, 2.05) is 30.3 Å². The van der Waals surface area contributed by atoms with Crippen molar-refractivity contribution < 1.29 is 66.1 Å². The molecule has 4 aromatic rings. The first-order valence-corrected chi connectivity index (χ1v) is 28.7. The van der Waals surface area contributed by atoms with E-state index < -0.39 is 90.4 Å². The summed E-state index contributed by atoms with van der Waals surface area (Å²) in [4.78, 5) is 113. The first-order chi connectivity index (χ1) is 40.8. The molecule has 8 N–H and O–H groups in total. The number of carbonyl (C=O) groups is 8. The number of nitrogens with zero attached hydrogens (tertiary/aromatic N) is 5. The van der Waals surface area contributed by atoms with Crippen LogP contribution in [0.2, 0.25) is 0 Å². The third-order valence-corrected chi connectivity index (χ3v) is 15.1. The van der Waals surface area contributed by atoms with E-state index in [1.54, 1.807) is 55.8 Å². The van der Waals surface area contributed by atoms with E-state index in [9.17, 15) is 47.9 Å². The molecule has 7 rings (SSSR count). The number of halogens is 3. The number of urea groups is 2. The number of rotatable bonds is 28. The molecule has 6 atom stereocenters. The molecule has 2 saturated heterocycles. The highest BCUT2D eigenvalue weighted by Crippen LogP contribution is 2.39. The number of amides is 10. The van der Waals surface area contributed by atoms with Crippen molar-refractivity contribution in [1.29, 1.82) is 0 Å². The van der Waals surface area contributed by atoms with Crippen LogP contribution in [-0.2, 0) is 46.6 Å². The Kier molecular flexibility index (Phi) is 23.4. The second-order valence-corrected chi connectivity index (χ2v) is 22.0. The number of likely N-dealkylation sites (tertiary alicyclic amines) is 1. The van der Waals surface area contributed by atoms with Crippen molar-refractivity contribution in [3.05, 3.63) is 120 Å². The lowest BCUT2D eigenvalue weighted by Gasteiger charge is -2.40. The highest BCUT2D eigenvalue weighted by atomic mass is 19.1. The fourth-order valence-corrected chi connectivity index (χ4v) is 10.5. The number of ether oxygens (including phenoxy) is 2. The van der Waals surface area contributed by atoms with Gasteiger partial charge in [-0.05, 0) is 98.7 Å². The number of aromatic nitrogens is 2. The van der Waals surface area contributed by atoms with E-state index >= 15 is 8.78 Å². The summed E-state index contributed by atoms with van der Waals surface area (Å²) in [5.41, 5.74) is 6.94. The average Bonchev–Trinajstić information content (AvgIpc) is 3.73. The van der Waals surface area contributed by atoms with Crippen molar-refractivity contribution in [2.45, 2.75) is 116 Å². The zero-order valence-electron chi connectivity index (χ0n) is 48.0. The zero-order chi connectivity index (χ0) is 61.2. The molecule has 85 heavy (non-hydrogen) atoms. The molecular weight excluding hydrogens is 1110 g/mol. The standard InChI is InChI=1S/C60H76F3N11O11/c1-37(2)53(70-50(76)14-8-5-9-26-73-51(77)21-22-52(73)78)57(80)69-48(13-10-25-65-58(64)81)56(79)67-44-18-15-40(16-19-44)36-85-60(83)72-31-42(47(63)33-72)32-74(59(82)66-38(3)35-75)54(41-23-27-84-28-24-41)55-68-49(45-29-43(61)17-20-46(45)62)34-71(55)30-39-11-6-4-7-12-39/h4,6-7,11-12,15-22,29,34,37-38,41-42,47-48,53-54,75H,5,8-10,13-14,23-28,30-33,35-36H2,1-3H3,(H,66,82)(H,67,79)(H,69,80)(H,70,76)(H3,64,65,81)/t38-,42?,47?,48-,53-,54?/m0/s1. The maximum absolute atomic E-state index is 16.5. The Bertz CT molecular complexity index is 2980. The van der Waals surface area contributed by atoms with Crippen molar-refractivity contribution in [3.8, 4) is 11.3 Å². The fourth-order valence-electron chi connectivity index (χ4n) is 10.5. The number of aliphatic hydroxyl groups excluding tert-OH is 1. The molecule has 2 fully saturated rings. The van der Waals surface area contributed by atoms with Crippen LogP contribution in [0.4, 0.5) is 33.2 Å². The first-order valence-electron chi connectivity index (χ1n) is 28.7. The molecule has 1 aromatic heterocycles. The lowest BCUT2D eigenvalue weighted by molar-refractivity contribution is -0.137. The normalized spacial score (nSPS) is 17.5. The Morgan fingerprint density at radius 2 is 1.58 bits per heavy atom. The highest BCUT2D eigenvalue weighted by molar-refractivity contribution is 6.12. The molecule has 3 aromatic carbocycles. The van der Waals surface area contributed by atoms with Gasteiger partial charge in [0.15, 0.2) is 0 Å². The Morgan fingerprint density at radius 3 is 2.26 bits per heavy atom. The van der Waals surface area contributed by atoms with E-state index in [0.29, 0.717) is 62.4 Å². The molecule has 0 spiro atoms. The van der Waals surface area contributed by atoms with E-state index in [2.05, 4.69) is 26.6 Å². The predicted molar refractivity (Wildman–Crippen MR) is 306 cm³/mol. The summed E-state index contributed by atoms with van der Waals surface area (Å²) in [5.74, 6) is -5.03. The van der Waals surface area contributed by atoms with Gasteiger partial charge in [-0.25, -0.2) is 32.5 Å². The van der Waals surface area contributed by atoms with Crippen LogP contribution in [-0.4, -0.2) is 154 Å². The molecule has 3 aliphatic heterocycles. The third-order valence-electron chi connectivity index (χ3n) is 15.1. The Balaban J connectivity index is 0.991. The van der Waals surface area contributed by atoms with Gasteiger partial charge < -0.3 is 61.3 Å². The van der Waals surface area contributed by atoms with Gasteiger partial charge >= 0.3 is 18.2 Å². The number of primary amides is 1. The van der Waals surface area contributed by atoms with Crippen molar-refractivity contribution in [1.82, 2.24) is 45.5 Å². The predicted octanol–water partition coefficient (Wildman–Crippen LogP) is 5.84. The summed E-state index contributed by atoms with van der Waals surface area (Å²) in [5, 5.41) is 23.6. The molecule has 4 heterocycles. The summed E-state index contributed by atoms with van der Waals surface area (Å²) in [6.07, 6.45) is 4.42. The Hall–Kier alpha value is -8.32. The third kappa shape index (κ3) is 18.3. The maximum Gasteiger partial charge on any atom is 0.410 e. The van der Waals surface area contributed by atoms with Crippen LogP contribution >= 0.6 is 0 Å². The SMILES string of the molecule is CC(C)[C@H](NC(=O)CCCCCN1C(=O)C=CC1=O)C(=O)N[C@@H](CCCNC(N)=O)C(=O)Nc1ccc(COC(=O)N2CC(F)C(CN(C(=O)N[C@@H](C)CO)C(c3nc(-c4cc(F)ccc4F)cn3Cc3ccccc3)C3CCOCC3)C2)cc1. The van der Waals surface area contributed by atoms with Crippen LogP contribution in [0.3, 0.4) is 0 Å². The van der Waals surface area contributed by atoms with Gasteiger partial charge in [-0.15, -0.1) is 0 Å². The second kappa shape index (κ2) is 31.0. The summed E-state index contributed by atoms with van der Waals surface area (Å²) >= 11 is 0. The second-order valence-electron chi connectivity index (χ2n) is 22.0. The summed E-state index contributed by atoms with van der Waals surface area (Å²) in [7, 11) is 0. The first kappa shape index (κ1) is 64.2.